The van der Waals surface area contributed by atoms with Crippen LogP contribution in [0.15, 0.2) is 42.5 Å². The summed E-state index contributed by atoms with van der Waals surface area (Å²) in [4.78, 5) is 10.9. The zero-order chi connectivity index (χ0) is 21.2. The van der Waals surface area contributed by atoms with Gasteiger partial charge in [0.05, 0.1) is 5.56 Å². The van der Waals surface area contributed by atoms with Crippen molar-refractivity contribution in [3.8, 4) is 5.75 Å². The highest BCUT2D eigenvalue weighted by molar-refractivity contribution is 7.88. The number of rotatable bonds is 5. The van der Waals surface area contributed by atoms with Gasteiger partial charge in [0.25, 0.3) is 0 Å². The number of aldehydes is 1. The van der Waals surface area contributed by atoms with Crippen LogP contribution in [-0.4, -0.2) is 20.2 Å². The quantitative estimate of drug-likeness (QED) is 0.225. The summed E-state index contributed by atoms with van der Waals surface area (Å²) in [6.45, 7) is 0. The normalized spacial score (nSPS) is 12.9. The molecule has 2 aromatic carbocycles. The van der Waals surface area contributed by atoms with Crippen LogP contribution in [0.25, 0.3) is 12.2 Å². The Bertz CT molecular complexity index is 1010. The highest BCUT2D eigenvalue weighted by Crippen LogP contribution is 2.32. The van der Waals surface area contributed by atoms with Crippen LogP contribution in [0.2, 0.25) is 0 Å². The number of alkyl halides is 6. The summed E-state index contributed by atoms with van der Waals surface area (Å²) in [6, 6.07) is 6.91. The molecule has 0 amide bonds. The molecule has 0 aliphatic rings. The molecule has 0 spiro atoms. The van der Waals surface area contributed by atoms with E-state index in [4.69, 9.17) is 0 Å². The van der Waals surface area contributed by atoms with Gasteiger partial charge in [0.15, 0.2) is 0 Å². The number of hydrogen-bond acceptors (Lipinski definition) is 4. The molecule has 0 aromatic heterocycles. The van der Waals surface area contributed by atoms with Crippen LogP contribution in [0, 0.1) is 0 Å². The maximum Gasteiger partial charge on any atom is 0.534 e. The van der Waals surface area contributed by atoms with E-state index < -0.39 is 33.1 Å². The first-order chi connectivity index (χ1) is 12.8. The largest absolute Gasteiger partial charge is 0.534 e. The van der Waals surface area contributed by atoms with Crippen LogP contribution in [0.5, 0.6) is 5.75 Å². The molecule has 150 valence electrons. The molecule has 4 nitrogen and oxygen atoms in total. The standard InChI is InChI=1S/C17H10F6O4S/c18-16(19,20)14-3-1-2-11(9-14)4-6-13-8-12(10-24)5-7-15(13)27-28(25,26)17(21,22)23/h1-10H/b6-4+. The van der Waals surface area contributed by atoms with E-state index in [0.29, 0.717) is 6.29 Å². The second kappa shape index (κ2) is 7.66. The van der Waals surface area contributed by atoms with Gasteiger partial charge >= 0.3 is 21.8 Å². The van der Waals surface area contributed by atoms with Crippen molar-refractivity contribution >= 4 is 28.6 Å². The molecule has 2 aromatic rings. The zero-order valence-electron chi connectivity index (χ0n) is 13.6. The zero-order valence-corrected chi connectivity index (χ0v) is 14.4. The summed E-state index contributed by atoms with van der Waals surface area (Å²) in [6.07, 6.45) is -2.12. The topological polar surface area (TPSA) is 60.4 Å². The van der Waals surface area contributed by atoms with E-state index in [-0.39, 0.29) is 16.7 Å². The van der Waals surface area contributed by atoms with Crippen molar-refractivity contribution in [1.82, 2.24) is 0 Å². The van der Waals surface area contributed by atoms with E-state index in [0.717, 1.165) is 48.6 Å². The summed E-state index contributed by atoms with van der Waals surface area (Å²) >= 11 is 0. The lowest BCUT2D eigenvalue weighted by Gasteiger charge is -2.12. The summed E-state index contributed by atoms with van der Waals surface area (Å²) < 4.78 is 102. The number of benzene rings is 2. The Morgan fingerprint density at radius 2 is 1.54 bits per heavy atom. The molecule has 0 aliphatic heterocycles. The first-order valence-electron chi connectivity index (χ1n) is 7.29. The highest BCUT2D eigenvalue weighted by Gasteiger charge is 2.48. The van der Waals surface area contributed by atoms with Gasteiger partial charge in [0.2, 0.25) is 0 Å². The molecule has 0 saturated carbocycles. The van der Waals surface area contributed by atoms with Gasteiger partial charge in [-0.1, -0.05) is 24.3 Å². The Morgan fingerprint density at radius 3 is 2.11 bits per heavy atom. The van der Waals surface area contributed by atoms with Crippen molar-refractivity contribution in [2.75, 3.05) is 0 Å². The van der Waals surface area contributed by atoms with Crippen molar-refractivity contribution in [3.05, 3.63) is 64.7 Å². The van der Waals surface area contributed by atoms with Crippen LogP contribution < -0.4 is 4.18 Å². The third-order valence-electron chi connectivity index (χ3n) is 3.32. The fourth-order valence-corrected chi connectivity index (χ4v) is 2.50. The van der Waals surface area contributed by atoms with Crippen LogP contribution in [0.4, 0.5) is 26.3 Å². The predicted octanol–water partition coefficient (Wildman–Crippen LogP) is 4.92. The summed E-state index contributed by atoms with van der Waals surface area (Å²) in [5, 5.41) is 0. The minimum absolute atomic E-state index is 0.0135. The van der Waals surface area contributed by atoms with Gasteiger partial charge < -0.3 is 4.18 Å². The van der Waals surface area contributed by atoms with Gasteiger partial charge in [0, 0.05) is 11.1 Å². The molecule has 0 heterocycles. The van der Waals surface area contributed by atoms with Crippen LogP contribution in [-0.2, 0) is 16.3 Å². The van der Waals surface area contributed by atoms with E-state index in [2.05, 4.69) is 4.18 Å². The number of carbonyl (C=O) groups excluding carboxylic acids is 1. The SMILES string of the molecule is O=Cc1ccc(OS(=O)(=O)C(F)(F)F)c(/C=C/c2cccc(C(F)(F)F)c2)c1. The molecule has 2 rings (SSSR count). The van der Waals surface area contributed by atoms with Crippen molar-refractivity contribution in [2.24, 2.45) is 0 Å². The molecule has 0 aliphatic carbocycles. The highest BCUT2D eigenvalue weighted by atomic mass is 32.2. The molecule has 0 saturated heterocycles. The van der Waals surface area contributed by atoms with Gasteiger partial charge in [-0.15, -0.1) is 0 Å². The molecule has 28 heavy (non-hydrogen) atoms. The van der Waals surface area contributed by atoms with Gasteiger partial charge in [-0.25, -0.2) is 0 Å². The van der Waals surface area contributed by atoms with E-state index in [9.17, 15) is 39.6 Å². The molecule has 0 atom stereocenters. The molecular formula is C17H10F6O4S. The smallest absolute Gasteiger partial charge is 0.375 e. The van der Waals surface area contributed by atoms with Gasteiger partial charge in [0.1, 0.15) is 12.0 Å². The third kappa shape index (κ3) is 5.12. The minimum Gasteiger partial charge on any atom is -0.375 e. The Morgan fingerprint density at radius 1 is 0.857 bits per heavy atom. The van der Waals surface area contributed by atoms with Gasteiger partial charge in [-0.05, 0) is 35.9 Å². The fourth-order valence-electron chi connectivity index (χ4n) is 2.02. The average molecular weight is 424 g/mol. The van der Waals surface area contributed by atoms with E-state index in [1.54, 1.807) is 0 Å². The van der Waals surface area contributed by atoms with Gasteiger partial charge in [-0.3, -0.25) is 4.79 Å². The second-order valence-corrected chi connectivity index (χ2v) is 6.89. The van der Waals surface area contributed by atoms with Crippen molar-refractivity contribution in [1.29, 1.82) is 0 Å². The number of halogens is 6. The van der Waals surface area contributed by atoms with Crippen molar-refractivity contribution < 1.29 is 43.7 Å². The maximum atomic E-state index is 12.7. The van der Waals surface area contributed by atoms with E-state index in [1.165, 1.54) is 6.07 Å². The molecule has 0 N–H and O–H groups in total. The Hall–Kier alpha value is -2.82. The molecule has 11 heteroatoms. The minimum atomic E-state index is -5.97. The molecule has 0 bridgehead atoms. The first-order valence-corrected chi connectivity index (χ1v) is 8.69. The van der Waals surface area contributed by atoms with Crippen LogP contribution in [0.3, 0.4) is 0 Å². The summed E-state index contributed by atoms with van der Waals surface area (Å²) in [5.41, 5.74) is -6.86. The third-order valence-corrected chi connectivity index (χ3v) is 4.29. The average Bonchev–Trinajstić information content (AvgIpc) is 2.59. The molecule has 0 unspecified atom stereocenters. The second-order valence-electron chi connectivity index (χ2n) is 5.35. The van der Waals surface area contributed by atoms with E-state index >= 15 is 0 Å². The Kier molecular flexibility index (Phi) is 5.88. The summed E-state index contributed by atoms with van der Waals surface area (Å²) in [5.74, 6) is -0.744. The van der Waals surface area contributed by atoms with Crippen LogP contribution in [0.1, 0.15) is 27.0 Å². The molecule has 0 fully saturated rings. The summed E-state index contributed by atoms with van der Waals surface area (Å²) in [7, 11) is -5.97. The van der Waals surface area contributed by atoms with Crippen LogP contribution >= 0.6 is 0 Å². The lowest BCUT2D eigenvalue weighted by atomic mass is 10.1. The monoisotopic (exact) mass is 424 g/mol. The Balaban J connectivity index is 2.45. The lowest BCUT2D eigenvalue weighted by Crippen LogP contribution is -2.28. The maximum absolute atomic E-state index is 12.7. The lowest BCUT2D eigenvalue weighted by molar-refractivity contribution is -0.137. The number of hydrogen-bond donors (Lipinski definition) is 0. The van der Waals surface area contributed by atoms with Gasteiger partial charge in [-0.2, -0.15) is 34.8 Å². The van der Waals surface area contributed by atoms with E-state index in [1.807, 2.05) is 0 Å². The molecule has 0 radical (unpaired) electrons. The van der Waals surface area contributed by atoms with Crippen molar-refractivity contribution in [2.45, 2.75) is 11.7 Å². The number of carbonyl (C=O) groups is 1. The fraction of sp³-hybridized carbons (Fsp3) is 0.118. The van der Waals surface area contributed by atoms with Crippen molar-refractivity contribution in [3.63, 3.8) is 0 Å². The predicted molar refractivity (Wildman–Crippen MR) is 87.8 cm³/mol. The first kappa shape index (κ1) is 21.5. The Labute approximate surface area is 155 Å². The molecular weight excluding hydrogens is 414 g/mol.